The van der Waals surface area contributed by atoms with Crippen molar-refractivity contribution in [3.8, 4) is 5.69 Å². The standard InChI is InChI=1S/C20H25N3O/c1-14-9-11-22(12-10-14)20(24)17-13-21-23(19(17)16-7-8-16)18-6-4-3-5-15(18)2/h3-6,13-14,16H,7-12H2,1-2H3. The van der Waals surface area contributed by atoms with E-state index in [2.05, 4.69) is 31.1 Å². The molecular formula is C20H25N3O. The zero-order chi connectivity index (χ0) is 16.7. The number of rotatable bonds is 3. The SMILES string of the molecule is Cc1ccccc1-n1ncc(C(=O)N2CCC(C)CC2)c1C1CC1. The number of aromatic nitrogens is 2. The van der Waals surface area contributed by atoms with E-state index < -0.39 is 0 Å². The van der Waals surface area contributed by atoms with Crippen LogP contribution in [0, 0.1) is 12.8 Å². The summed E-state index contributed by atoms with van der Waals surface area (Å²) in [4.78, 5) is 15.1. The lowest BCUT2D eigenvalue weighted by Crippen LogP contribution is -2.38. The van der Waals surface area contributed by atoms with Gasteiger partial charge in [0.25, 0.3) is 5.91 Å². The van der Waals surface area contributed by atoms with Crippen LogP contribution in [0.15, 0.2) is 30.5 Å². The second-order valence-electron chi connectivity index (χ2n) is 7.39. The fraction of sp³-hybridized carbons (Fsp3) is 0.500. The average molecular weight is 323 g/mol. The molecule has 0 radical (unpaired) electrons. The topological polar surface area (TPSA) is 38.1 Å². The van der Waals surface area contributed by atoms with E-state index in [4.69, 9.17) is 0 Å². The first kappa shape index (κ1) is 15.4. The lowest BCUT2D eigenvalue weighted by Gasteiger charge is -2.30. The van der Waals surface area contributed by atoms with Crippen molar-refractivity contribution in [1.82, 2.24) is 14.7 Å². The van der Waals surface area contributed by atoms with Gasteiger partial charge in [0.05, 0.1) is 23.1 Å². The van der Waals surface area contributed by atoms with Crippen molar-refractivity contribution < 1.29 is 4.79 Å². The van der Waals surface area contributed by atoms with E-state index in [1.54, 1.807) is 6.20 Å². The summed E-state index contributed by atoms with van der Waals surface area (Å²) < 4.78 is 2.01. The predicted molar refractivity (Wildman–Crippen MR) is 94.6 cm³/mol. The monoisotopic (exact) mass is 323 g/mol. The van der Waals surface area contributed by atoms with Gasteiger partial charge in [0.1, 0.15) is 0 Å². The molecule has 2 aromatic rings. The van der Waals surface area contributed by atoms with Gasteiger partial charge in [-0.2, -0.15) is 5.10 Å². The summed E-state index contributed by atoms with van der Waals surface area (Å²) in [5.41, 5.74) is 4.21. The second kappa shape index (κ2) is 6.08. The van der Waals surface area contributed by atoms with Crippen molar-refractivity contribution >= 4 is 5.91 Å². The van der Waals surface area contributed by atoms with Gasteiger partial charge in [-0.3, -0.25) is 4.79 Å². The molecule has 1 aliphatic carbocycles. The maximum absolute atomic E-state index is 13.1. The fourth-order valence-corrected chi connectivity index (χ4v) is 3.65. The van der Waals surface area contributed by atoms with Crippen molar-refractivity contribution in [2.45, 2.75) is 45.4 Å². The highest BCUT2D eigenvalue weighted by molar-refractivity contribution is 5.95. The molecule has 24 heavy (non-hydrogen) atoms. The van der Waals surface area contributed by atoms with Crippen LogP contribution < -0.4 is 0 Å². The third-order valence-corrected chi connectivity index (χ3v) is 5.42. The second-order valence-corrected chi connectivity index (χ2v) is 7.39. The van der Waals surface area contributed by atoms with Crippen LogP contribution in [-0.4, -0.2) is 33.7 Å². The number of carbonyl (C=O) groups excluding carboxylic acids is 1. The number of hydrogen-bond acceptors (Lipinski definition) is 2. The molecule has 0 spiro atoms. The van der Waals surface area contributed by atoms with Crippen LogP contribution in [0.5, 0.6) is 0 Å². The van der Waals surface area contributed by atoms with Gasteiger partial charge in [0.2, 0.25) is 0 Å². The quantitative estimate of drug-likeness (QED) is 0.858. The van der Waals surface area contributed by atoms with Gasteiger partial charge in [-0.05, 0) is 50.2 Å². The summed E-state index contributed by atoms with van der Waals surface area (Å²) in [7, 11) is 0. The van der Waals surface area contributed by atoms with E-state index >= 15 is 0 Å². The van der Waals surface area contributed by atoms with Gasteiger partial charge in [-0.25, -0.2) is 4.68 Å². The van der Waals surface area contributed by atoms with Crippen LogP contribution in [-0.2, 0) is 0 Å². The number of likely N-dealkylation sites (tertiary alicyclic amines) is 1. The van der Waals surface area contributed by atoms with Crippen LogP contribution in [0.1, 0.15) is 60.1 Å². The summed E-state index contributed by atoms with van der Waals surface area (Å²) in [6, 6.07) is 8.26. The summed E-state index contributed by atoms with van der Waals surface area (Å²) >= 11 is 0. The van der Waals surface area contributed by atoms with Crippen LogP contribution in [0.25, 0.3) is 5.69 Å². The highest BCUT2D eigenvalue weighted by Gasteiger charge is 2.35. The largest absolute Gasteiger partial charge is 0.339 e. The van der Waals surface area contributed by atoms with Crippen molar-refractivity contribution in [1.29, 1.82) is 0 Å². The van der Waals surface area contributed by atoms with Crippen molar-refractivity contribution in [3.63, 3.8) is 0 Å². The molecule has 1 amide bonds. The molecule has 0 N–H and O–H groups in total. The highest BCUT2D eigenvalue weighted by atomic mass is 16.2. The Morgan fingerprint density at radius 3 is 2.50 bits per heavy atom. The maximum Gasteiger partial charge on any atom is 0.257 e. The Hall–Kier alpha value is -2.10. The summed E-state index contributed by atoms with van der Waals surface area (Å²) in [5, 5.41) is 4.61. The number of aryl methyl sites for hydroxylation is 1. The van der Waals surface area contributed by atoms with Crippen LogP contribution in [0.3, 0.4) is 0 Å². The van der Waals surface area contributed by atoms with Gasteiger partial charge in [-0.15, -0.1) is 0 Å². The van der Waals surface area contributed by atoms with E-state index in [9.17, 15) is 4.79 Å². The number of hydrogen-bond donors (Lipinski definition) is 0. The molecule has 2 aliphatic rings. The third-order valence-electron chi connectivity index (χ3n) is 5.42. The Labute approximate surface area is 143 Å². The average Bonchev–Trinajstić information content (AvgIpc) is 3.34. The number of carbonyl (C=O) groups is 1. The Kier molecular flexibility index (Phi) is 3.91. The Balaban J connectivity index is 1.70. The van der Waals surface area contributed by atoms with Gasteiger partial charge in [-0.1, -0.05) is 25.1 Å². The van der Waals surface area contributed by atoms with Crippen LogP contribution >= 0.6 is 0 Å². The molecule has 2 fully saturated rings. The normalized spacial score (nSPS) is 18.8. The summed E-state index contributed by atoms with van der Waals surface area (Å²) in [6.07, 6.45) is 6.33. The van der Waals surface area contributed by atoms with Gasteiger partial charge in [0.15, 0.2) is 0 Å². The van der Waals surface area contributed by atoms with E-state index in [0.29, 0.717) is 5.92 Å². The minimum Gasteiger partial charge on any atom is -0.339 e. The number of piperidine rings is 1. The summed E-state index contributed by atoms with van der Waals surface area (Å²) in [6.45, 7) is 6.12. The molecule has 4 heteroatoms. The van der Waals surface area contributed by atoms with Gasteiger partial charge < -0.3 is 4.90 Å². The molecule has 0 bridgehead atoms. The van der Waals surface area contributed by atoms with Crippen molar-refractivity contribution in [3.05, 3.63) is 47.3 Å². The lowest BCUT2D eigenvalue weighted by molar-refractivity contribution is 0.0696. The maximum atomic E-state index is 13.1. The molecule has 1 saturated carbocycles. The first-order valence-electron chi connectivity index (χ1n) is 9.08. The van der Waals surface area contributed by atoms with Crippen LogP contribution in [0.2, 0.25) is 0 Å². The zero-order valence-corrected chi connectivity index (χ0v) is 14.5. The number of benzene rings is 1. The molecule has 1 aliphatic heterocycles. The molecule has 1 saturated heterocycles. The zero-order valence-electron chi connectivity index (χ0n) is 14.5. The van der Waals surface area contributed by atoms with E-state index in [0.717, 1.165) is 61.6 Å². The van der Waals surface area contributed by atoms with E-state index in [1.165, 1.54) is 5.56 Å². The molecule has 4 rings (SSSR count). The number of amides is 1. The molecule has 0 unspecified atom stereocenters. The lowest BCUT2D eigenvalue weighted by atomic mass is 9.98. The molecule has 2 heterocycles. The molecular weight excluding hydrogens is 298 g/mol. The molecule has 0 atom stereocenters. The Morgan fingerprint density at radius 2 is 1.83 bits per heavy atom. The van der Waals surface area contributed by atoms with Crippen molar-refractivity contribution in [2.75, 3.05) is 13.1 Å². The minimum atomic E-state index is 0.170. The fourth-order valence-electron chi connectivity index (χ4n) is 3.65. The van der Waals surface area contributed by atoms with Gasteiger partial charge >= 0.3 is 0 Å². The molecule has 126 valence electrons. The van der Waals surface area contributed by atoms with E-state index in [1.807, 2.05) is 21.7 Å². The Morgan fingerprint density at radius 1 is 1.12 bits per heavy atom. The molecule has 1 aromatic heterocycles. The highest BCUT2D eigenvalue weighted by Crippen LogP contribution is 2.43. The van der Waals surface area contributed by atoms with Gasteiger partial charge in [0, 0.05) is 19.0 Å². The smallest absolute Gasteiger partial charge is 0.257 e. The first-order valence-corrected chi connectivity index (χ1v) is 9.08. The number of nitrogens with zero attached hydrogens (tertiary/aromatic N) is 3. The van der Waals surface area contributed by atoms with Crippen LogP contribution in [0.4, 0.5) is 0 Å². The third kappa shape index (κ3) is 2.74. The molecule has 4 nitrogen and oxygen atoms in total. The molecule has 1 aromatic carbocycles. The number of para-hydroxylation sites is 1. The predicted octanol–water partition coefficient (Wildman–Crippen LogP) is 3.93. The van der Waals surface area contributed by atoms with Crippen molar-refractivity contribution in [2.24, 2.45) is 5.92 Å². The Bertz CT molecular complexity index is 752. The summed E-state index contributed by atoms with van der Waals surface area (Å²) in [5.74, 6) is 1.38. The van der Waals surface area contributed by atoms with E-state index in [-0.39, 0.29) is 5.91 Å². The minimum absolute atomic E-state index is 0.170. The first-order chi connectivity index (χ1) is 11.6.